The van der Waals surface area contributed by atoms with Crippen molar-refractivity contribution in [1.29, 1.82) is 0 Å². The highest BCUT2D eigenvalue weighted by Gasteiger charge is 2.36. The van der Waals surface area contributed by atoms with Crippen molar-refractivity contribution >= 4 is 39.1 Å². The second kappa shape index (κ2) is 11.2. The first-order valence-corrected chi connectivity index (χ1v) is 14.4. The van der Waals surface area contributed by atoms with E-state index in [1.54, 1.807) is 0 Å². The minimum absolute atomic E-state index is 0.0609. The molecule has 0 saturated carbocycles. The van der Waals surface area contributed by atoms with Crippen LogP contribution in [-0.4, -0.2) is 50.8 Å². The number of benzene rings is 3. The van der Waals surface area contributed by atoms with Crippen molar-refractivity contribution < 1.29 is 44.7 Å². The van der Waals surface area contributed by atoms with Crippen LogP contribution in [0.5, 0.6) is 0 Å². The average Bonchev–Trinajstić information content (AvgIpc) is 3.25. The summed E-state index contributed by atoms with van der Waals surface area (Å²) < 4.78 is 101. The Bertz CT molecular complexity index is 1690. The number of anilines is 1. The number of alkyl halides is 3. The molecular formula is C27H21ClF5N3O5S. The van der Waals surface area contributed by atoms with E-state index in [0.29, 0.717) is 12.1 Å². The Hall–Kier alpha value is -3.59. The number of carbonyl (C=O) groups is 2. The highest BCUT2D eigenvalue weighted by atomic mass is 35.5. The van der Waals surface area contributed by atoms with Crippen LogP contribution in [0.3, 0.4) is 0 Å². The van der Waals surface area contributed by atoms with Gasteiger partial charge in [-0.2, -0.15) is 17.5 Å². The van der Waals surface area contributed by atoms with Gasteiger partial charge in [0.05, 0.1) is 30.6 Å². The Labute approximate surface area is 241 Å². The van der Waals surface area contributed by atoms with Crippen molar-refractivity contribution in [3.8, 4) is 0 Å². The number of rotatable bonds is 6. The van der Waals surface area contributed by atoms with Gasteiger partial charge >= 0.3 is 6.18 Å². The second-order valence-corrected chi connectivity index (χ2v) is 12.0. The van der Waals surface area contributed by atoms with Crippen molar-refractivity contribution in [3.63, 3.8) is 0 Å². The number of halogens is 6. The molecule has 0 aliphatic carbocycles. The lowest BCUT2D eigenvalue weighted by Gasteiger charge is -2.26. The van der Waals surface area contributed by atoms with Crippen LogP contribution in [-0.2, 0) is 26.7 Å². The molecular weight excluding hydrogens is 609 g/mol. The van der Waals surface area contributed by atoms with Crippen molar-refractivity contribution in [3.05, 3.63) is 98.6 Å². The molecule has 15 heteroatoms. The van der Waals surface area contributed by atoms with Gasteiger partial charge in [-0.05, 0) is 54.1 Å². The maximum atomic E-state index is 14.2. The molecule has 0 bridgehead atoms. The highest BCUT2D eigenvalue weighted by molar-refractivity contribution is 7.88. The van der Waals surface area contributed by atoms with Crippen molar-refractivity contribution in [2.45, 2.75) is 18.0 Å². The fraction of sp³-hybridized carbons (Fsp3) is 0.259. The van der Waals surface area contributed by atoms with E-state index in [9.17, 15) is 40.0 Å². The van der Waals surface area contributed by atoms with Gasteiger partial charge in [-0.1, -0.05) is 11.6 Å². The van der Waals surface area contributed by atoms with Crippen molar-refractivity contribution in [2.75, 3.05) is 31.6 Å². The van der Waals surface area contributed by atoms with E-state index in [-0.39, 0.29) is 65.3 Å². The molecule has 1 saturated heterocycles. The van der Waals surface area contributed by atoms with Gasteiger partial charge in [0.15, 0.2) is 0 Å². The van der Waals surface area contributed by atoms with Gasteiger partial charge in [0.25, 0.3) is 11.8 Å². The standard InChI is InChI=1S/C27H21ClF5N3O5S/c28-21-2-1-17(29)12-19(21)24-23-20(26(38)35-24)7-14(13-42(39,40)36-3-5-41-6-4-36)8-22(23)34-25(37)15-9-16(27(31,32)33)11-18(30)10-15/h1-2,7-12,24H,3-6,13H2,(H,34,37)(H,35,38)/t24-/m0/s1. The molecule has 0 radical (unpaired) electrons. The van der Waals surface area contributed by atoms with E-state index >= 15 is 0 Å². The Morgan fingerprint density at radius 1 is 1.05 bits per heavy atom. The molecule has 3 aromatic rings. The molecule has 1 atom stereocenters. The third kappa shape index (κ3) is 6.11. The maximum Gasteiger partial charge on any atom is 0.416 e. The van der Waals surface area contributed by atoms with Crippen LogP contribution < -0.4 is 10.6 Å². The summed E-state index contributed by atoms with van der Waals surface area (Å²) in [6.45, 7) is 0.602. The fourth-order valence-electron chi connectivity index (χ4n) is 4.85. The van der Waals surface area contributed by atoms with Crippen molar-refractivity contribution in [1.82, 2.24) is 9.62 Å². The third-order valence-electron chi connectivity index (χ3n) is 6.77. The molecule has 8 nitrogen and oxygen atoms in total. The summed E-state index contributed by atoms with van der Waals surface area (Å²) in [6, 6.07) is 6.13. The lowest BCUT2D eigenvalue weighted by molar-refractivity contribution is -0.137. The summed E-state index contributed by atoms with van der Waals surface area (Å²) in [5.74, 6) is -4.44. The van der Waals surface area contributed by atoms with E-state index in [1.165, 1.54) is 22.5 Å². The molecule has 2 aliphatic heterocycles. The third-order valence-corrected chi connectivity index (χ3v) is 8.96. The van der Waals surface area contributed by atoms with Gasteiger partial charge in [-0.3, -0.25) is 9.59 Å². The normalized spacial score (nSPS) is 17.6. The Kier molecular flexibility index (Phi) is 8.00. The van der Waals surface area contributed by atoms with E-state index < -0.39 is 62.6 Å². The van der Waals surface area contributed by atoms with E-state index in [4.69, 9.17) is 16.3 Å². The fourth-order valence-corrected chi connectivity index (χ4v) is 6.56. The highest BCUT2D eigenvalue weighted by Crippen LogP contribution is 2.41. The number of nitrogens with zero attached hydrogens (tertiary/aromatic N) is 1. The number of hydrogen-bond acceptors (Lipinski definition) is 5. The molecule has 2 heterocycles. The average molecular weight is 630 g/mol. The number of ether oxygens (including phenoxy) is 1. The topological polar surface area (TPSA) is 105 Å². The van der Waals surface area contributed by atoms with Gasteiger partial charge in [0.2, 0.25) is 10.0 Å². The molecule has 1 fully saturated rings. The molecule has 0 spiro atoms. The first-order valence-electron chi connectivity index (χ1n) is 12.4. The molecule has 2 N–H and O–H groups in total. The van der Waals surface area contributed by atoms with E-state index in [0.717, 1.165) is 12.1 Å². The smallest absolute Gasteiger partial charge is 0.379 e. The Morgan fingerprint density at radius 3 is 2.45 bits per heavy atom. The number of fused-ring (bicyclic) bond motifs is 1. The quantitative estimate of drug-likeness (QED) is 0.378. The van der Waals surface area contributed by atoms with E-state index in [1.807, 2.05) is 0 Å². The minimum Gasteiger partial charge on any atom is -0.379 e. The van der Waals surface area contributed by atoms with Gasteiger partial charge in [-0.15, -0.1) is 0 Å². The zero-order chi connectivity index (χ0) is 30.4. The Balaban J connectivity index is 1.60. The Morgan fingerprint density at radius 2 is 1.76 bits per heavy atom. The summed E-state index contributed by atoms with van der Waals surface area (Å²) in [4.78, 5) is 26.2. The zero-order valence-corrected chi connectivity index (χ0v) is 23.0. The molecule has 42 heavy (non-hydrogen) atoms. The summed E-state index contributed by atoms with van der Waals surface area (Å²) >= 11 is 6.28. The number of carbonyl (C=O) groups excluding carboxylic acids is 2. The van der Waals surface area contributed by atoms with Crippen LogP contribution >= 0.6 is 11.6 Å². The number of morpholine rings is 1. The van der Waals surface area contributed by atoms with Crippen molar-refractivity contribution in [2.24, 2.45) is 0 Å². The number of nitrogens with one attached hydrogen (secondary N) is 2. The SMILES string of the molecule is O=C(Nc1cc(CS(=O)(=O)N2CCOCC2)cc2c1[C@H](c1cc(F)ccc1Cl)NC2=O)c1cc(F)cc(C(F)(F)F)c1. The van der Waals surface area contributed by atoms with Gasteiger partial charge in [0.1, 0.15) is 11.6 Å². The van der Waals surface area contributed by atoms with Gasteiger partial charge < -0.3 is 15.4 Å². The van der Waals surface area contributed by atoms with Crippen LogP contribution in [0.4, 0.5) is 27.6 Å². The summed E-state index contributed by atoms with van der Waals surface area (Å²) in [5.41, 5.74) is -2.05. The number of hydrogen-bond donors (Lipinski definition) is 2. The predicted molar refractivity (Wildman–Crippen MR) is 142 cm³/mol. The summed E-state index contributed by atoms with van der Waals surface area (Å²) in [6.07, 6.45) is -4.94. The molecule has 3 aromatic carbocycles. The number of amides is 2. The second-order valence-electron chi connectivity index (χ2n) is 9.63. The lowest BCUT2D eigenvalue weighted by atomic mass is 9.94. The summed E-state index contributed by atoms with van der Waals surface area (Å²) in [5, 5.41) is 5.08. The van der Waals surface area contributed by atoms with Gasteiger partial charge in [-0.25, -0.2) is 17.2 Å². The number of sulfonamides is 1. The van der Waals surface area contributed by atoms with E-state index in [2.05, 4.69) is 10.6 Å². The molecule has 2 aliphatic rings. The molecule has 5 rings (SSSR count). The molecule has 2 amide bonds. The predicted octanol–water partition coefficient (Wildman–Crippen LogP) is 4.88. The first kappa shape index (κ1) is 29.9. The zero-order valence-electron chi connectivity index (χ0n) is 21.4. The molecule has 0 unspecified atom stereocenters. The van der Waals surface area contributed by atoms with Crippen LogP contribution in [0.2, 0.25) is 5.02 Å². The molecule has 222 valence electrons. The first-order chi connectivity index (χ1) is 19.7. The van der Waals surface area contributed by atoms with Crippen LogP contribution in [0.1, 0.15) is 49.0 Å². The minimum atomic E-state index is -4.94. The lowest BCUT2D eigenvalue weighted by Crippen LogP contribution is -2.41. The van der Waals surface area contributed by atoms with Gasteiger partial charge in [0, 0.05) is 46.1 Å². The molecule has 0 aromatic heterocycles. The largest absolute Gasteiger partial charge is 0.416 e. The summed E-state index contributed by atoms with van der Waals surface area (Å²) in [7, 11) is -3.91. The van der Waals surface area contributed by atoms with Crippen LogP contribution in [0.15, 0.2) is 48.5 Å². The maximum absolute atomic E-state index is 14.2. The van der Waals surface area contributed by atoms with Crippen LogP contribution in [0, 0.1) is 11.6 Å². The van der Waals surface area contributed by atoms with Crippen LogP contribution in [0.25, 0.3) is 0 Å². The monoisotopic (exact) mass is 629 g/mol.